The summed E-state index contributed by atoms with van der Waals surface area (Å²) >= 11 is 0. The fourth-order valence-corrected chi connectivity index (χ4v) is 1.52. The molecule has 1 heterocycles. The summed E-state index contributed by atoms with van der Waals surface area (Å²) in [5.41, 5.74) is 0. The molecule has 0 radical (unpaired) electrons. The van der Waals surface area contributed by atoms with E-state index >= 15 is 0 Å². The molecule has 13 heavy (non-hydrogen) atoms. The van der Waals surface area contributed by atoms with Gasteiger partial charge in [0.1, 0.15) is 0 Å². The van der Waals surface area contributed by atoms with Crippen molar-refractivity contribution >= 4 is 16.1 Å². The number of hydrogen-bond donors (Lipinski definition) is 2. The third kappa shape index (κ3) is 2.41. The predicted octanol–water partition coefficient (Wildman–Crippen LogP) is 0.0379. The van der Waals surface area contributed by atoms with Gasteiger partial charge in [0.15, 0.2) is 0 Å². The lowest BCUT2D eigenvalue weighted by molar-refractivity contribution is 0.201. The van der Waals surface area contributed by atoms with Gasteiger partial charge < -0.3 is 5.11 Å². The predicted molar refractivity (Wildman–Crippen MR) is 42.6 cm³/mol. The van der Waals surface area contributed by atoms with E-state index in [0.717, 1.165) is 0 Å². The van der Waals surface area contributed by atoms with Crippen LogP contribution in [0.4, 0.5) is 4.79 Å². The highest BCUT2D eigenvalue weighted by Crippen LogP contribution is 2.04. The van der Waals surface area contributed by atoms with Crippen LogP contribution >= 0.6 is 0 Å². The van der Waals surface area contributed by atoms with E-state index in [1.807, 2.05) is 0 Å². The first-order chi connectivity index (χ1) is 6.02. The van der Waals surface area contributed by atoms with E-state index in [9.17, 15) is 13.2 Å². The van der Waals surface area contributed by atoms with Gasteiger partial charge in [0.05, 0.1) is 4.90 Å². The normalized spacial score (nSPS) is 10.8. The van der Waals surface area contributed by atoms with E-state index in [0.29, 0.717) is 0 Å². The number of aromatic nitrogens is 1. The van der Waals surface area contributed by atoms with Gasteiger partial charge in [-0.05, 0) is 12.1 Å². The second-order valence-corrected chi connectivity index (χ2v) is 3.78. The van der Waals surface area contributed by atoms with Crippen LogP contribution in [0, 0.1) is 0 Å². The molecule has 1 aromatic heterocycles. The number of rotatable bonds is 2. The van der Waals surface area contributed by atoms with Gasteiger partial charge in [-0.3, -0.25) is 4.98 Å². The molecule has 7 heteroatoms. The Morgan fingerprint density at radius 1 is 1.38 bits per heavy atom. The van der Waals surface area contributed by atoms with Gasteiger partial charge in [0.25, 0.3) is 10.0 Å². The Balaban J connectivity index is 3.02. The summed E-state index contributed by atoms with van der Waals surface area (Å²) < 4.78 is 23.6. The summed E-state index contributed by atoms with van der Waals surface area (Å²) in [6.45, 7) is 0. The highest BCUT2D eigenvalue weighted by atomic mass is 32.2. The van der Waals surface area contributed by atoms with Gasteiger partial charge in [0, 0.05) is 12.4 Å². The molecular formula is C6H6N2O4S. The Hall–Kier alpha value is -1.63. The fraction of sp³-hybridized carbons (Fsp3) is 0. The Labute approximate surface area is 74.3 Å². The number of carboxylic acid groups (broad SMARTS) is 1. The van der Waals surface area contributed by atoms with Crippen LogP contribution in [0.3, 0.4) is 0 Å². The Morgan fingerprint density at radius 2 is 1.92 bits per heavy atom. The van der Waals surface area contributed by atoms with Gasteiger partial charge in [-0.25, -0.2) is 17.9 Å². The third-order valence-electron chi connectivity index (χ3n) is 1.18. The van der Waals surface area contributed by atoms with Crippen molar-refractivity contribution < 1.29 is 18.3 Å². The molecule has 1 aromatic rings. The smallest absolute Gasteiger partial charge is 0.418 e. The number of nitrogens with zero attached hydrogens (tertiary/aromatic N) is 1. The highest BCUT2D eigenvalue weighted by molar-refractivity contribution is 7.90. The molecule has 2 N–H and O–H groups in total. The van der Waals surface area contributed by atoms with Gasteiger partial charge in [-0.2, -0.15) is 0 Å². The van der Waals surface area contributed by atoms with Gasteiger partial charge in [-0.15, -0.1) is 0 Å². The zero-order valence-electron chi connectivity index (χ0n) is 6.34. The first-order valence-corrected chi connectivity index (χ1v) is 4.66. The van der Waals surface area contributed by atoms with Crippen molar-refractivity contribution in [3.8, 4) is 0 Å². The van der Waals surface area contributed by atoms with Crippen molar-refractivity contribution in [2.24, 2.45) is 0 Å². The van der Waals surface area contributed by atoms with Crippen LogP contribution in [0.2, 0.25) is 0 Å². The topological polar surface area (TPSA) is 96.4 Å². The number of sulfonamides is 1. The van der Waals surface area contributed by atoms with Crippen molar-refractivity contribution in [3.63, 3.8) is 0 Å². The number of nitrogens with one attached hydrogen (secondary N) is 1. The molecule has 0 aliphatic carbocycles. The van der Waals surface area contributed by atoms with Crippen molar-refractivity contribution in [3.05, 3.63) is 24.5 Å². The minimum atomic E-state index is -3.95. The third-order valence-corrected chi connectivity index (χ3v) is 2.52. The summed E-state index contributed by atoms with van der Waals surface area (Å²) in [4.78, 5) is 13.5. The molecule has 0 aromatic carbocycles. The SMILES string of the molecule is O=C(O)NS(=O)(=O)c1ccncc1. The van der Waals surface area contributed by atoms with E-state index in [2.05, 4.69) is 4.98 Å². The highest BCUT2D eigenvalue weighted by Gasteiger charge is 2.15. The quantitative estimate of drug-likeness (QED) is 0.705. The molecule has 0 fully saturated rings. The second-order valence-electron chi connectivity index (χ2n) is 2.09. The zero-order valence-corrected chi connectivity index (χ0v) is 7.15. The Kier molecular flexibility index (Phi) is 2.47. The van der Waals surface area contributed by atoms with E-state index in [4.69, 9.17) is 5.11 Å². The molecule has 0 saturated carbocycles. The fourth-order valence-electron chi connectivity index (χ4n) is 0.691. The summed E-state index contributed by atoms with van der Waals surface area (Å²) in [5, 5.41) is 8.20. The lowest BCUT2D eigenvalue weighted by Gasteiger charge is -2.01. The molecule has 70 valence electrons. The molecular weight excluding hydrogens is 196 g/mol. The summed E-state index contributed by atoms with van der Waals surface area (Å²) in [5.74, 6) is 0. The van der Waals surface area contributed by atoms with Crippen LogP contribution in [-0.2, 0) is 10.0 Å². The first kappa shape index (κ1) is 9.46. The van der Waals surface area contributed by atoms with Crippen LogP contribution in [0.5, 0.6) is 0 Å². The molecule has 1 amide bonds. The van der Waals surface area contributed by atoms with Crippen LogP contribution in [0.25, 0.3) is 0 Å². The monoisotopic (exact) mass is 202 g/mol. The molecule has 0 bridgehead atoms. The van der Waals surface area contributed by atoms with Crippen molar-refractivity contribution in [2.75, 3.05) is 0 Å². The van der Waals surface area contributed by atoms with E-state index in [1.165, 1.54) is 29.2 Å². The maximum atomic E-state index is 11.1. The van der Waals surface area contributed by atoms with E-state index in [1.54, 1.807) is 0 Å². The average molecular weight is 202 g/mol. The van der Waals surface area contributed by atoms with Crippen LogP contribution in [0.1, 0.15) is 0 Å². The minimum absolute atomic E-state index is 0.134. The summed E-state index contributed by atoms with van der Waals surface area (Å²) in [6.07, 6.45) is 0.907. The van der Waals surface area contributed by atoms with E-state index in [-0.39, 0.29) is 4.90 Å². The van der Waals surface area contributed by atoms with Crippen molar-refractivity contribution in [1.82, 2.24) is 9.71 Å². The molecule has 0 aliphatic heterocycles. The summed E-state index contributed by atoms with van der Waals surface area (Å²) in [7, 11) is -3.95. The maximum Gasteiger partial charge on any atom is 0.418 e. The lowest BCUT2D eigenvalue weighted by atomic mass is 10.5. The van der Waals surface area contributed by atoms with Gasteiger partial charge >= 0.3 is 6.09 Å². The average Bonchev–Trinajstić information content (AvgIpc) is 2.04. The molecule has 0 spiro atoms. The number of carbonyl (C=O) groups is 1. The van der Waals surface area contributed by atoms with Crippen LogP contribution in [-0.4, -0.2) is 24.6 Å². The van der Waals surface area contributed by atoms with Crippen molar-refractivity contribution in [1.29, 1.82) is 0 Å². The summed E-state index contributed by atoms with van der Waals surface area (Å²) in [6, 6.07) is 2.40. The number of pyridine rings is 1. The lowest BCUT2D eigenvalue weighted by Crippen LogP contribution is -2.28. The standard InChI is InChI=1S/C6H6N2O4S/c9-6(10)8-13(11,12)5-1-3-7-4-2-5/h1-4,8H,(H,9,10). The van der Waals surface area contributed by atoms with Crippen LogP contribution < -0.4 is 4.72 Å². The number of hydrogen-bond acceptors (Lipinski definition) is 4. The van der Waals surface area contributed by atoms with Crippen molar-refractivity contribution in [2.45, 2.75) is 4.90 Å². The maximum absolute atomic E-state index is 11.1. The Morgan fingerprint density at radius 3 is 2.38 bits per heavy atom. The molecule has 6 nitrogen and oxygen atoms in total. The molecule has 0 aliphatic rings. The molecule has 0 saturated heterocycles. The van der Waals surface area contributed by atoms with Gasteiger partial charge in [0.2, 0.25) is 0 Å². The largest absolute Gasteiger partial charge is 0.464 e. The molecule has 0 atom stereocenters. The molecule has 0 unspecified atom stereocenters. The zero-order chi connectivity index (χ0) is 9.90. The van der Waals surface area contributed by atoms with Crippen LogP contribution in [0.15, 0.2) is 29.4 Å². The second kappa shape index (κ2) is 3.40. The Bertz CT molecular complexity index is 400. The molecule has 1 rings (SSSR count). The first-order valence-electron chi connectivity index (χ1n) is 3.18. The van der Waals surface area contributed by atoms with Gasteiger partial charge in [-0.1, -0.05) is 0 Å². The minimum Gasteiger partial charge on any atom is -0.464 e. The number of amides is 1. The van der Waals surface area contributed by atoms with E-state index < -0.39 is 16.1 Å².